The van der Waals surface area contributed by atoms with Crippen LogP contribution in [0.1, 0.15) is 16.7 Å². The molecule has 1 fully saturated rings. The molecule has 0 radical (unpaired) electrons. The van der Waals surface area contributed by atoms with Crippen LogP contribution in [-0.2, 0) is 13.6 Å². The van der Waals surface area contributed by atoms with Gasteiger partial charge in [-0.25, -0.2) is 4.98 Å². The molecule has 1 aliphatic heterocycles. The van der Waals surface area contributed by atoms with Crippen molar-refractivity contribution in [1.82, 2.24) is 19.8 Å². The normalized spacial score (nSPS) is 18.7. The van der Waals surface area contributed by atoms with E-state index < -0.39 is 0 Å². The summed E-state index contributed by atoms with van der Waals surface area (Å²) in [5.74, 6) is 1.11. The van der Waals surface area contributed by atoms with Gasteiger partial charge in [-0.05, 0) is 6.07 Å². The van der Waals surface area contributed by atoms with Crippen molar-refractivity contribution in [3.8, 4) is 0 Å². The van der Waals surface area contributed by atoms with Crippen molar-refractivity contribution in [2.75, 3.05) is 19.6 Å². The molecule has 3 heterocycles. The predicted molar refractivity (Wildman–Crippen MR) is 103 cm³/mol. The number of halogens is 2. The molecule has 1 unspecified atom stereocenters. The second-order valence-corrected chi connectivity index (χ2v) is 7.44. The van der Waals surface area contributed by atoms with Crippen molar-refractivity contribution >= 4 is 45.4 Å². The first kappa shape index (κ1) is 17.7. The summed E-state index contributed by atoms with van der Waals surface area (Å²) in [4.78, 5) is 8.27. The zero-order chi connectivity index (χ0) is 15.8. The molecule has 0 amide bonds. The van der Waals surface area contributed by atoms with E-state index in [4.69, 9.17) is 11.6 Å². The summed E-state index contributed by atoms with van der Waals surface area (Å²) in [5.41, 5.74) is 0. The Kier molecular flexibility index (Phi) is 5.47. The Balaban J connectivity index is 0.00000169. The summed E-state index contributed by atoms with van der Waals surface area (Å²) in [6.07, 6.45) is 3.88. The maximum absolute atomic E-state index is 6.63. The Morgan fingerprint density at radius 2 is 2.21 bits per heavy atom. The van der Waals surface area contributed by atoms with E-state index in [0.717, 1.165) is 42.4 Å². The number of fused-ring (bicyclic) bond motifs is 1. The van der Waals surface area contributed by atoms with E-state index in [9.17, 15) is 0 Å². The summed E-state index contributed by atoms with van der Waals surface area (Å²) < 4.78 is 3.37. The lowest BCUT2D eigenvalue weighted by molar-refractivity contribution is 0.146. The van der Waals surface area contributed by atoms with Crippen LogP contribution >= 0.6 is 35.3 Å². The largest absolute Gasteiger partial charge is 0.337 e. The Morgan fingerprint density at radius 3 is 2.96 bits per heavy atom. The number of thiophene rings is 1. The molecule has 1 aliphatic rings. The highest BCUT2D eigenvalue weighted by Gasteiger charge is 2.27. The molecule has 0 aliphatic carbocycles. The Hall–Kier alpha value is -1.11. The van der Waals surface area contributed by atoms with Crippen molar-refractivity contribution in [2.45, 2.75) is 12.6 Å². The van der Waals surface area contributed by atoms with Crippen molar-refractivity contribution < 1.29 is 0 Å². The second-order valence-electron chi connectivity index (χ2n) is 5.92. The van der Waals surface area contributed by atoms with Gasteiger partial charge in [-0.15, -0.1) is 23.7 Å². The van der Waals surface area contributed by atoms with E-state index in [1.165, 1.54) is 9.58 Å². The number of hydrogen-bond acceptors (Lipinski definition) is 4. The van der Waals surface area contributed by atoms with Crippen LogP contribution in [0.5, 0.6) is 0 Å². The van der Waals surface area contributed by atoms with Crippen LogP contribution in [0, 0.1) is 0 Å². The number of imidazole rings is 1. The maximum atomic E-state index is 6.63. The minimum Gasteiger partial charge on any atom is -0.337 e. The number of hydrogen-bond donors (Lipinski definition) is 1. The van der Waals surface area contributed by atoms with Gasteiger partial charge in [-0.1, -0.05) is 29.8 Å². The Bertz CT molecular complexity index is 829. The molecule has 0 spiro atoms. The molecule has 128 valence electrons. The summed E-state index contributed by atoms with van der Waals surface area (Å²) in [6, 6.07) is 8.65. The lowest BCUT2D eigenvalue weighted by Gasteiger charge is -2.35. The molecule has 1 N–H and O–H groups in total. The van der Waals surface area contributed by atoms with Gasteiger partial charge in [-0.2, -0.15) is 0 Å². The van der Waals surface area contributed by atoms with Crippen molar-refractivity contribution in [3.05, 3.63) is 52.4 Å². The van der Waals surface area contributed by atoms with Gasteiger partial charge in [0.25, 0.3) is 0 Å². The van der Waals surface area contributed by atoms with Crippen molar-refractivity contribution in [1.29, 1.82) is 0 Å². The fourth-order valence-corrected chi connectivity index (χ4v) is 4.76. The van der Waals surface area contributed by atoms with Gasteiger partial charge in [0, 0.05) is 60.6 Å². The average molecular weight is 383 g/mol. The molecular formula is C17H20Cl2N4S. The van der Waals surface area contributed by atoms with Gasteiger partial charge >= 0.3 is 0 Å². The van der Waals surface area contributed by atoms with Crippen LogP contribution in [0.25, 0.3) is 10.1 Å². The van der Waals surface area contributed by atoms with E-state index in [2.05, 4.69) is 45.0 Å². The van der Waals surface area contributed by atoms with Gasteiger partial charge < -0.3 is 9.88 Å². The molecule has 0 bridgehead atoms. The summed E-state index contributed by atoms with van der Waals surface area (Å²) >= 11 is 8.43. The number of nitrogens with zero attached hydrogens (tertiary/aromatic N) is 3. The number of aryl methyl sites for hydroxylation is 1. The van der Waals surface area contributed by atoms with Gasteiger partial charge in [0.2, 0.25) is 0 Å². The van der Waals surface area contributed by atoms with Crippen LogP contribution in [-0.4, -0.2) is 34.1 Å². The number of benzene rings is 1. The summed E-state index contributed by atoms with van der Waals surface area (Å²) in [6.45, 7) is 3.80. The van der Waals surface area contributed by atoms with E-state index in [1.807, 2.05) is 18.5 Å². The Labute approximate surface area is 156 Å². The smallest absolute Gasteiger partial charge is 0.127 e. The number of piperazine rings is 1. The highest BCUT2D eigenvalue weighted by atomic mass is 35.5. The van der Waals surface area contributed by atoms with Crippen molar-refractivity contribution in [2.24, 2.45) is 7.05 Å². The van der Waals surface area contributed by atoms with E-state index in [1.54, 1.807) is 11.3 Å². The summed E-state index contributed by atoms with van der Waals surface area (Å²) in [7, 11) is 2.06. The monoisotopic (exact) mass is 382 g/mol. The fourth-order valence-electron chi connectivity index (χ4n) is 3.24. The molecule has 4 nitrogen and oxygen atoms in total. The van der Waals surface area contributed by atoms with Crippen LogP contribution in [0.3, 0.4) is 0 Å². The zero-order valence-corrected chi connectivity index (χ0v) is 15.8. The summed E-state index contributed by atoms with van der Waals surface area (Å²) in [5, 5.41) is 5.55. The number of rotatable bonds is 3. The van der Waals surface area contributed by atoms with Crippen LogP contribution in [0.15, 0.2) is 36.7 Å². The van der Waals surface area contributed by atoms with Gasteiger partial charge in [0.15, 0.2) is 0 Å². The first-order valence-corrected chi connectivity index (χ1v) is 9.01. The molecule has 1 saturated heterocycles. The minimum atomic E-state index is 0. The minimum absolute atomic E-state index is 0. The fraction of sp³-hybridized carbons (Fsp3) is 0.353. The third kappa shape index (κ3) is 3.19. The molecule has 0 saturated carbocycles. The highest BCUT2D eigenvalue weighted by Crippen LogP contribution is 2.37. The second kappa shape index (κ2) is 7.42. The first-order valence-electron chi connectivity index (χ1n) is 7.82. The van der Waals surface area contributed by atoms with Crippen molar-refractivity contribution in [3.63, 3.8) is 0 Å². The molecular weight excluding hydrogens is 363 g/mol. The van der Waals surface area contributed by atoms with Gasteiger partial charge in [0.05, 0.1) is 11.1 Å². The zero-order valence-electron chi connectivity index (χ0n) is 13.4. The van der Waals surface area contributed by atoms with E-state index in [0.29, 0.717) is 0 Å². The van der Waals surface area contributed by atoms with Crippen LogP contribution < -0.4 is 5.32 Å². The SMILES string of the molecule is Cl.Cn1ccnc1C1CNCCN1Cc1sc2ccccc2c1Cl. The first-order chi connectivity index (χ1) is 11.2. The third-order valence-electron chi connectivity index (χ3n) is 4.46. The molecule has 7 heteroatoms. The lowest BCUT2D eigenvalue weighted by atomic mass is 10.1. The van der Waals surface area contributed by atoms with Crippen LogP contribution in [0.4, 0.5) is 0 Å². The standard InChI is InChI=1S/C17H19ClN4S.ClH/c1-21-8-7-20-17(21)13-10-19-6-9-22(13)11-15-16(18)12-4-2-3-5-14(12)23-15;/h2-5,7-8,13,19H,6,9-11H2,1H3;1H. The predicted octanol–water partition coefficient (Wildman–Crippen LogP) is 3.86. The third-order valence-corrected chi connectivity index (χ3v) is 6.16. The van der Waals surface area contributed by atoms with Gasteiger partial charge in [-0.3, -0.25) is 4.90 Å². The molecule has 3 aromatic rings. The van der Waals surface area contributed by atoms with E-state index >= 15 is 0 Å². The molecule has 4 rings (SSSR count). The topological polar surface area (TPSA) is 33.1 Å². The van der Waals surface area contributed by atoms with Crippen LogP contribution in [0.2, 0.25) is 5.02 Å². The van der Waals surface area contributed by atoms with Gasteiger partial charge in [0.1, 0.15) is 5.82 Å². The lowest BCUT2D eigenvalue weighted by Crippen LogP contribution is -2.46. The Morgan fingerprint density at radius 1 is 1.38 bits per heavy atom. The molecule has 1 aromatic carbocycles. The maximum Gasteiger partial charge on any atom is 0.127 e. The average Bonchev–Trinajstić information content (AvgIpc) is 3.13. The van der Waals surface area contributed by atoms with E-state index in [-0.39, 0.29) is 18.4 Å². The molecule has 2 aromatic heterocycles. The molecule has 1 atom stereocenters. The highest BCUT2D eigenvalue weighted by molar-refractivity contribution is 7.19. The quantitative estimate of drug-likeness (QED) is 0.746. The number of nitrogens with one attached hydrogen (secondary N) is 1. The molecule has 24 heavy (non-hydrogen) atoms. The number of aromatic nitrogens is 2.